The number of carboxylic acid groups (broad SMARTS) is 1. The summed E-state index contributed by atoms with van der Waals surface area (Å²) < 4.78 is 1.51. The molecule has 122 valence electrons. The van der Waals surface area contributed by atoms with Crippen molar-refractivity contribution in [1.29, 1.82) is 0 Å². The van der Waals surface area contributed by atoms with E-state index >= 15 is 0 Å². The van der Waals surface area contributed by atoms with Crippen LogP contribution in [0.25, 0.3) is 5.69 Å². The molecule has 0 bridgehead atoms. The molecule has 1 amide bonds. The second-order valence-electron chi connectivity index (χ2n) is 5.20. The summed E-state index contributed by atoms with van der Waals surface area (Å²) in [6.07, 6.45) is 3.70. The molecule has 0 aliphatic rings. The first-order chi connectivity index (χ1) is 11.1. The number of carbonyl (C=O) groups is 2. The minimum absolute atomic E-state index is 0.131. The molecule has 0 radical (unpaired) electrons. The Labute approximate surface area is 133 Å². The van der Waals surface area contributed by atoms with Gasteiger partial charge in [-0.25, -0.2) is 9.48 Å². The largest absolute Gasteiger partial charge is 0.480 e. The van der Waals surface area contributed by atoms with Gasteiger partial charge in [0.25, 0.3) is 0 Å². The van der Waals surface area contributed by atoms with Crippen molar-refractivity contribution in [3.05, 3.63) is 36.2 Å². The van der Waals surface area contributed by atoms with Gasteiger partial charge in [0.05, 0.1) is 12.1 Å². The van der Waals surface area contributed by atoms with E-state index in [4.69, 9.17) is 5.11 Å². The summed E-state index contributed by atoms with van der Waals surface area (Å²) in [5.74, 6) is -1.30. The highest BCUT2D eigenvalue weighted by Gasteiger charge is 2.19. The van der Waals surface area contributed by atoms with Crippen LogP contribution in [-0.2, 0) is 16.0 Å². The lowest BCUT2D eigenvalue weighted by Gasteiger charge is -2.14. The van der Waals surface area contributed by atoms with Gasteiger partial charge in [-0.3, -0.25) is 4.79 Å². The van der Waals surface area contributed by atoms with E-state index in [1.54, 1.807) is 24.3 Å². The minimum atomic E-state index is -0.999. The van der Waals surface area contributed by atoms with Crippen molar-refractivity contribution in [2.45, 2.75) is 38.6 Å². The van der Waals surface area contributed by atoms with Gasteiger partial charge in [0.15, 0.2) is 0 Å². The molecule has 0 spiro atoms. The van der Waals surface area contributed by atoms with Crippen LogP contribution >= 0.6 is 0 Å². The van der Waals surface area contributed by atoms with Gasteiger partial charge in [0, 0.05) is 0 Å². The Kier molecular flexibility index (Phi) is 5.79. The van der Waals surface area contributed by atoms with Crippen LogP contribution in [0.3, 0.4) is 0 Å². The fourth-order valence-corrected chi connectivity index (χ4v) is 2.14. The molecule has 23 heavy (non-hydrogen) atoms. The number of amides is 1. The second kappa shape index (κ2) is 8.02. The van der Waals surface area contributed by atoms with Crippen LogP contribution < -0.4 is 5.32 Å². The molecule has 1 atom stereocenters. The third-order valence-electron chi connectivity index (χ3n) is 3.39. The van der Waals surface area contributed by atoms with E-state index < -0.39 is 12.0 Å². The maximum absolute atomic E-state index is 12.0. The normalized spacial score (nSPS) is 11.9. The molecule has 0 unspecified atom stereocenters. The smallest absolute Gasteiger partial charge is 0.326 e. The van der Waals surface area contributed by atoms with Crippen molar-refractivity contribution in [2.75, 3.05) is 0 Å². The van der Waals surface area contributed by atoms with Crippen LogP contribution in [0.15, 0.2) is 30.6 Å². The minimum Gasteiger partial charge on any atom is -0.480 e. The fraction of sp³-hybridized carbons (Fsp3) is 0.400. The molecule has 8 nitrogen and oxygen atoms in total. The van der Waals surface area contributed by atoms with Crippen LogP contribution in [0.1, 0.15) is 31.7 Å². The predicted molar refractivity (Wildman–Crippen MR) is 81.9 cm³/mol. The summed E-state index contributed by atoms with van der Waals surface area (Å²) in [5.41, 5.74) is 1.57. The van der Waals surface area contributed by atoms with Gasteiger partial charge >= 0.3 is 5.97 Å². The highest BCUT2D eigenvalue weighted by Crippen LogP contribution is 2.09. The monoisotopic (exact) mass is 317 g/mol. The number of nitrogens with zero attached hydrogens (tertiary/aromatic N) is 4. The number of aliphatic carboxylic acids is 1. The average molecular weight is 317 g/mol. The lowest BCUT2D eigenvalue weighted by Crippen LogP contribution is -2.41. The maximum atomic E-state index is 12.0. The first kappa shape index (κ1) is 16.6. The molecule has 2 rings (SSSR count). The maximum Gasteiger partial charge on any atom is 0.326 e. The molecular formula is C15H19N5O3. The van der Waals surface area contributed by atoms with E-state index in [0.29, 0.717) is 6.42 Å². The number of nitrogens with one attached hydrogen (secondary N) is 1. The number of hydrogen-bond donors (Lipinski definition) is 2. The number of unbranched alkanes of at least 4 members (excludes halogenated alkanes) is 1. The zero-order valence-corrected chi connectivity index (χ0v) is 12.8. The number of carboxylic acids is 1. The van der Waals surface area contributed by atoms with E-state index in [0.717, 1.165) is 24.1 Å². The lowest BCUT2D eigenvalue weighted by atomic mass is 10.1. The van der Waals surface area contributed by atoms with Gasteiger partial charge in [-0.05, 0) is 34.5 Å². The summed E-state index contributed by atoms with van der Waals surface area (Å²) in [6, 6.07) is 6.34. The third-order valence-corrected chi connectivity index (χ3v) is 3.39. The summed E-state index contributed by atoms with van der Waals surface area (Å²) in [4.78, 5) is 23.1. The number of benzene rings is 1. The Morgan fingerprint density at radius 1 is 1.30 bits per heavy atom. The van der Waals surface area contributed by atoms with Crippen molar-refractivity contribution in [2.24, 2.45) is 0 Å². The van der Waals surface area contributed by atoms with Crippen LogP contribution in [0.4, 0.5) is 0 Å². The molecule has 1 aromatic carbocycles. The molecule has 2 aromatic rings. The van der Waals surface area contributed by atoms with Crippen molar-refractivity contribution >= 4 is 11.9 Å². The average Bonchev–Trinajstić information content (AvgIpc) is 3.06. The van der Waals surface area contributed by atoms with Crippen LogP contribution in [0.2, 0.25) is 0 Å². The SMILES string of the molecule is CCCC[C@H](NC(=O)Cc1ccc(-n2cnnn2)cc1)C(=O)O. The molecule has 0 fully saturated rings. The van der Waals surface area contributed by atoms with Gasteiger partial charge < -0.3 is 10.4 Å². The third kappa shape index (κ3) is 4.87. The number of tetrazole rings is 1. The van der Waals surface area contributed by atoms with Crippen molar-refractivity contribution in [3.8, 4) is 5.69 Å². The Bertz CT molecular complexity index is 640. The van der Waals surface area contributed by atoms with Crippen molar-refractivity contribution < 1.29 is 14.7 Å². The lowest BCUT2D eigenvalue weighted by molar-refractivity contribution is -0.142. The summed E-state index contributed by atoms with van der Waals surface area (Å²) in [6.45, 7) is 1.98. The Morgan fingerprint density at radius 2 is 2.04 bits per heavy atom. The molecule has 0 saturated heterocycles. The number of carbonyl (C=O) groups excluding carboxylic acids is 1. The summed E-state index contributed by atoms with van der Waals surface area (Å²) in [7, 11) is 0. The molecule has 0 aliphatic heterocycles. The van der Waals surface area contributed by atoms with Gasteiger partial charge in [-0.2, -0.15) is 0 Å². The number of aromatic nitrogens is 4. The van der Waals surface area contributed by atoms with E-state index in [1.807, 2.05) is 6.92 Å². The Hall–Kier alpha value is -2.77. The number of rotatable bonds is 8. The summed E-state index contributed by atoms with van der Waals surface area (Å²) >= 11 is 0. The molecular weight excluding hydrogens is 298 g/mol. The predicted octanol–water partition coefficient (Wildman–Crippen LogP) is 0.964. The van der Waals surface area contributed by atoms with Gasteiger partial charge in [-0.1, -0.05) is 31.9 Å². The van der Waals surface area contributed by atoms with Gasteiger partial charge in [0.1, 0.15) is 12.4 Å². The molecule has 2 N–H and O–H groups in total. The van der Waals surface area contributed by atoms with E-state index in [1.165, 1.54) is 11.0 Å². The van der Waals surface area contributed by atoms with E-state index in [2.05, 4.69) is 20.8 Å². The topological polar surface area (TPSA) is 110 Å². The fourth-order valence-electron chi connectivity index (χ4n) is 2.14. The van der Waals surface area contributed by atoms with E-state index in [-0.39, 0.29) is 12.3 Å². The van der Waals surface area contributed by atoms with Gasteiger partial charge in [0.2, 0.25) is 5.91 Å². The molecule has 8 heteroatoms. The van der Waals surface area contributed by atoms with Crippen molar-refractivity contribution in [3.63, 3.8) is 0 Å². The Balaban J connectivity index is 1.93. The first-order valence-corrected chi connectivity index (χ1v) is 7.44. The molecule has 0 saturated carbocycles. The van der Waals surface area contributed by atoms with E-state index in [9.17, 15) is 9.59 Å². The number of hydrogen-bond acceptors (Lipinski definition) is 5. The first-order valence-electron chi connectivity index (χ1n) is 7.44. The Morgan fingerprint density at radius 3 is 2.61 bits per heavy atom. The van der Waals surface area contributed by atoms with Gasteiger partial charge in [-0.15, -0.1) is 5.10 Å². The van der Waals surface area contributed by atoms with Crippen molar-refractivity contribution in [1.82, 2.24) is 25.5 Å². The highest BCUT2D eigenvalue weighted by atomic mass is 16.4. The summed E-state index contributed by atoms with van der Waals surface area (Å²) in [5, 5.41) is 22.6. The zero-order chi connectivity index (χ0) is 16.7. The highest BCUT2D eigenvalue weighted by molar-refractivity contribution is 5.84. The van der Waals surface area contributed by atoms with Crippen LogP contribution in [-0.4, -0.2) is 43.2 Å². The van der Waals surface area contributed by atoms with Crippen LogP contribution in [0.5, 0.6) is 0 Å². The van der Waals surface area contributed by atoms with Crippen LogP contribution in [0, 0.1) is 0 Å². The second-order valence-corrected chi connectivity index (χ2v) is 5.20. The molecule has 0 aliphatic carbocycles. The molecule has 1 heterocycles. The quantitative estimate of drug-likeness (QED) is 0.750. The standard InChI is InChI=1S/C15H19N5O3/c1-2-3-4-13(15(22)23)17-14(21)9-11-5-7-12(8-6-11)20-10-16-18-19-20/h5-8,10,13H,2-4,9H2,1H3,(H,17,21)(H,22,23)/t13-/m0/s1. The zero-order valence-electron chi connectivity index (χ0n) is 12.8. The molecule has 1 aromatic heterocycles.